The van der Waals surface area contributed by atoms with E-state index in [4.69, 9.17) is 4.42 Å². The highest BCUT2D eigenvalue weighted by atomic mass is 16.3. The van der Waals surface area contributed by atoms with E-state index in [0.29, 0.717) is 0 Å². The minimum absolute atomic E-state index is 0.906. The smallest absolute Gasteiger partial charge is 0.136 e. The van der Waals surface area contributed by atoms with Crippen molar-refractivity contribution < 1.29 is 4.42 Å². The van der Waals surface area contributed by atoms with E-state index in [1.165, 1.54) is 49.5 Å². The van der Waals surface area contributed by atoms with E-state index in [1.807, 2.05) is 18.5 Å². The molecule has 0 bridgehead atoms. The Balaban J connectivity index is 1.33. The van der Waals surface area contributed by atoms with E-state index < -0.39 is 0 Å². The lowest BCUT2D eigenvalue weighted by Crippen LogP contribution is -1.90. The molecule has 0 fully saturated rings. The summed E-state index contributed by atoms with van der Waals surface area (Å²) < 4.78 is 6.32. The molecule has 0 amide bonds. The van der Waals surface area contributed by atoms with Crippen molar-refractivity contribution in [2.75, 3.05) is 0 Å². The van der Waals surface area contributed by atoms with Gasteiger partial charge in [0.1, 0.15) is 11.2 Å². The second-order valence-corrected chi connectivity index (χ2v) is 9.99. The molecule has 7 aromatic rings. The van der Waals surface area contributed by atoms with Gasteiger partial charge in [-0.15, -0.1) is 0 Å². The average Bonchev–Trinajstić information content (AvgIpc) is 3.17. The summed E-state index contributed by atoms with van der Waals surface area (Å²) in [4.78, 5) is 4.32. The lowest BCUT2D eigenvalue weighted by molar-refractivity contribution is 0.669. The van der Waals surface area contributed by atoms with E-state index in [0.717, 1.165) is 33.7 Å². The van der Waals surface area contributed by atoms with Gasteiger partial charge in [0, 0.05) is 28.6 Å². The number of hydrogen-bond donors (Lipinski definition) is 0. The van der Waals surface area contributed by atoms with Gasteiger partial charge in [-0.3, -0.25) is 4.98 Å². The van der Waals surface area contributed by atoms with Crippen LogP contribution < -0.4 is 0 Å². The van der Waals surface area contributed by atoms with Crippen molar-refractivity contribution in [2.24, 2.45) is 0 Å². The normalized spacial score (nSPS) is 12.9. The van der Waals surface area contributed by atoms with E-state index in [-0.39, 0.29) is 0 Å². The summed E-state index contributed by atoms with van der Waals surface area (Å²) >= 11 is 0. The molecule has 0 saturated heterocycles. The topological polar surface area (TPSA) is 26.0 Å². The minimum atomic E-state index is 0.906. The van der Waals surface area contributed by atoms with E-state index >= 15 is 0 Å². The van der Waals surface area contributed by atoms with Crippen LogP contribution in [0.3, 0.4) is 0 Å². The summed E-state index contributed by atoms with van der Waals surface area (Å²) in [5, 5.41) is 7.21. The summed E-state index contributed by atoms with van der Waals surface area (Å²) in [7, 11) is 0. The van der Waals surface area contributed by atoms with Crippen LogP contribution in [0.15, 0.2) is 126 Å². The van der Waals surface area contributed by atoms with Crippen molar-refractivity contribution in [1.82, 2.24) is 4.98 Å². The van der Waals surface area contributed by atoms with Gasteiger partial charge in [-0.05, 0) is 92.4 Å². The van der Waals surface area contributed by atoms with Crippen LogP contribution in [0.4, 0.5) is 0 Å². The molecule has 0 saturated carbocycles. The van der Waals surface area contributed by atoms with Crippen LogP contribution in [0, 0.1) is 0 Å². The van der Waals surface area contributed by atoms with Gasteiger partial charge in [-0.1, -0.05) is 78.9 Å². The van der Waals surface area contributed by atoms with Gasteiger partial charge < -0.3 is 4.42 Å². The van der Waals surface area contributed by atoms with Crippen LogP contribution >= 0.6 is 0 Å². The molecule has 1 aliphatic rings. The number of fused-ring (bicyclic) bond motifs is 7. The summed E-state index contributed by atoms with van der Waals surface area (Å²) in [5.41, 5.74) is 9.24. The van der Waals surface area contributed by atoms with E-state index in [1.54, 1.807) is 0 Å². The Labute approximate surface area is 220 Å². The van der Waals surface area contributed by atoms with Crippen molar-refractivity contribution in [2.45, 2.75) is 6.42 Å². The molecular weight excluding hydrogens is 462 g/mol. The number of furan rings is 1. The highest BCUT2D eigenvalue weighted by Crippen LogP contribution is 2.39. The SMILES string of the molecule is C1=CCc2c(ccc3ccc(-c4ccc5oc6cccc(-c7ccc8ccncc8c7)c6c5c4)cc23)C=C1. The molecular formula is C36H23NO. The molecule has 0 N–H and O–H groups in total. The Hall–Kier alpha value is -4.95. The minimum Gasteiger partial charge on any atom is -0.456 e. The summed E-state index contributed by atoms with van der Waals surface area (Å²) in [6.45, 7) is 0. The molecule has 2 heteroatoms. The Kier molecular flexibility index (Phi) is 4.62. The maximum Gasteiger partial charge on any atom is 0.136 e. The summed E-state index contributed by atoms with van der Waals surface area (Å²) in [6, 6.07) is 32.8. The van der Waals surface area contributed by atoms with E-state index in [9.17, 15) is 0 Å². The first-order valence-corrected chi connectivity index (χ1v) is 13.0. The Bertz CT molecular complexity index is 2110. The first-order valence-electron chi connectivity index (χ1n) is 13.0. The fraction of sp³-hybridized carbons (Fsp3) is 0.0278. The van der Waals surface area contributed by atoms with Crippen molar-refractivity contribution >= 4 is 49.6 Å². The molecule has 0 spiro atoms. The zero-order valence-electron chi connectivity index (χ0n) is 20.7. The van der Waals surface area contributed by atoms with Crippen LogP contribution in [0.2, 0.25) is 0 Å². The molecule has 1 aliphatic carbocycles. The summed E-state index contributed by atoms with van der Waals surface area (Å²) in [5.74, 6) is 0. The number of pyridine rings is 1. The van der Waals surface area contributed by atoms with Crippen LogP contribution in [-0.4, -0.2) is 4.98 Å². The molecule has 2 heterocycles. The number of allylic oxidation sites excluding steroid dienone is 3. The first kappa shape index (κ1) is 21.2. The Morgan fingerprint density at radius 2 is 1.47 bits per heavy atom. The highest BCUT2D eigenvalue weighted by Gasteiger charge is 2.15. The second-order valence-electron chi connectivity index (χ2n) is 9.99. The standard InChI is InChI=1S/C36H23NO/c1-2-5-24-10-11-25-12-13-26(20-32(25)30(24)6-3-1)27-15-16-34-33(21-27)36-31(7-4-8-35(36)38-34)28-14-9-23-17-18-37-22-29(23)19-28/h1-5,7-22H,6H2. The predicted octanol–water partition coefficient (Wildman–Crippen LogP) is 9.75. The predicted molar refractivity (Wildman–Crippen MR) is 159 cm³/mol. The lowest BCUT2D eigenvalue weighted by atomic mass is 9.93. The maximum absolute atomic E-state index is 6.32. The third-order valence-electron chi connectivity index (χ3n) is 7.79. The van der Waals surface area contributed by atoms with Crippen molar-refractivity contribution in [3.63, 3.8) is 0 Å². The van der Waals surface area contributed by atoms with Gasteiger partial charge in [-0.2, -0.15) is 0 Å². The van der Waals surface area contributed by atoms with Gasteiger partial charge >= 0.3 is 0 Å². The molecule has 0 radical (unpaired) electrons. The molecule has 2 aromatic heterocycles. The molecule has 2 nitrogen and oxygen atoms in total. The quantitative estimate of drug-likeness (QED) is 0.244. The average molecular weight is 486 g/mol. The van der Waals surface area contributed by atoms with Crippen LogP contribution in [0.1, 0.15) is 11.1 Å². The molecule has 5 aromatic carbocycles. The number of nitrogens with zero attached hydrogens (tertiary/aromatic N) is 1. The Morgan fingerprint density at radius 1 is 0.632 bits per heavy atom. The van der Waals surface area contributed by atoms with Crippen molar-refractivity contribution in [3.8, 4) is 22.3 Å². The molecule has 178 valence electrons. The fourth-order valence-electron chi connectivity index (χ4n) is 5.89. The number of hydrogen-bond acceptors (Lipinski definition) is 2. The van der Waals surface area contributed by atoms with Gasteiger partial charge in [-0.25, -0.2) is 0 Å². The largest absolute Gasteiger partial charge is 0.456 e. The first-order chi connectivity index (χ1) is 18.8. The zero-order chi connectivity index (χ0) is 25.1. The van der Waals surface area contributed by atoms with Gasteiger partial charge in [0.15, 0.2) is 0 Å². The van der Waals surface area contributed by atoms with Gasteiger partial charge in [0.2, 0.25) is 0 Å². The Morgan fingerprint density at radius 3 is 2.45 bits per heavy atom. The summed E-state index contributed by atoms with van der Waals surface area (Å²) in [6.07, 6.45) is 13.4. The second kappa shape index (κ2) is 8.29. The van der Waals surface area contributed by atoms with Gasteiger partial charge in [0.25, 0.3) is 0 Å². The van der Waals surface area contributed by atoms with Crippen LogP contribution in [0.5, 0.6) is 0 Å². The molecule has 0 unspecified atom stereocenters. The van der Waals surface area contributed by atoms with Crippen molar-refractivity contribution in [1.29, 1.82) is 0 Å². The number of aromatic nitrogens is 1. The molecule has 38 heavy (non-hydrogen) atoms. The number of rotatable bonds is 2. The van der Waals surface area contributed by atoms with Crippen LogP contribution in [0.25, 0.3) is 71.8 Å². The molecule has 0 aliphatic heterocycles. The molecule has 8 rings (SSSR count). The fourth-order valence-corrected chi connectivity index (χ4v) is 5.89. The third-order valence-corrected chi connectivity index (χ3v) is 7.79. The van der Waals surface area contributed by atoms with E-state index in [2.05, 4.69) is 114 Å². The molecule has 0 atom stereocenters. The zero-order valence-corrected chi connectivity index (χ0v) is 20.7. The third kappa shape index (κ3) is 3.31. The van der Waals surface area contributed by atoms with Gasteiger partial charge in [0.05, 0.1) is 0 Å². The number of benzene rings is 5. The van der Waals surface area contributed by atoms with Crippen molar-refractivity contribution in [3.05, 3.63) is 133 Å². The highest BCUT2D eigenvalue weighted by molar-refractivity contribution is 6.14. The lowest BCUT2D eigenvalue weighted by Gasteiger charge is -2.11. The monoisotopic (exact) mass is 485 g/mol. The maximum atomic E-state index is 6.32. The van der Waals surface area contributed by atoms with Crippen LogP contribution in [-0.2, 0) is 6.42 Å².